The van der Waals surface area contributed by atoms with Crippen molar-refractivity contribution >= 4 is 38.2 Å². The third-order valence-electron chi connectivity index (χ3n) is 6.85. The molecule has 2 heterocycles. The van der Waals surface area contributed by atoms with Crippen molar-refractivity contribution in [3.8, 4) is 34.3 Å². The zero-order valence-electron chi connectivity index (χ0n) is 24.5. The van der Waals surface area contributed by atoms with E-state index in [0.717, 1.165) is 10.2 Å². The first-order chi connectivity index (χ1) is 20.9. The fourth-order valence-electron chi connectivity index (χ4n) is 4.60. The second kappa shape index (κ2) is 12.8. The third kappa shape index (κ3) is 6.06. The highest BCUT2D eigenvalue weighted by Gasteiger charge is 2.40. The van der Waals surface area contributed by atoms with Gasteiger partial charge in [0.15, 0.2) is 22.4 Å². The minimum absolute atomic E-state index is 0.289. The third-order valence-corrected chi connectivity index (χ3v) is 7.79. The molecule has 13 heteroatoms. The first kappa shape index (κ1) is 30.0. The van der Waals surface area contributed by atoms with Gasteiger partial charge in [0.25, 0.3) is 5.91 Å². The zero-order chi connectivity index (χ0) is 30.6. The Bertz CT molecular complexity index is 1650. The van der Waals surface area contributed by atoms with Crippen LogP contribution in [0.2, 0.25) is 0 Å². The highest BCUT2D eigenvalue weighted by atomic mass is 32.1. The number of carbonyl (C=O) groups excluding carboxylic acids is 1. The Balaban J connectivity index is 1.34. The molecule has 1 N–H and O–H groups in total. The van der Waals surface area contributed by atoms with Crippen LogP contribution < -0.4 is 24.3 Å². The number of hydrogen-bond acceptors (Lipinski definition) is 12. The number of benzene rings is 2. The summed E-state index contributed by atoms with van der Waals surface area (Å²) in [6.45, 7) is -0.289. The van der Waals surface area contributed by atoms with Crippen LogP contribution in [0.3, 0.4) is 0 Å². The number of ether oxygens (including phenoxy) is 7. The lowest BCUT2D eigenvalue weighted by Gasteiger charge is -2.36. The molecule has 2 aromatic heterocycles. The van der Waals surface area contributed by atoms with Crippen LogP contribution in [0.25, 0.3) is 27.0 Å². The molecular formula is C30H31N3O9S. The van der Waals surface area contributed by atoms with Crippen LogP contribution >= 0.6 is 11.3 Å². The number of carbonyl (C=O) groups is 1. The van der Waals surface area contributed by atoms with Crippen LogP contribution in [0.15, 0.2) is 59.1 Å². The fourth-order valence-corrected chi connectivity index (χ4v) is 5.51. The Labute approximate surface area is 251 Å². The van der Waals surface area contributed by atoms with E-state index in [4.69, 9.17) is 37.7 Å². The molecular weight excluding hydrogens is 578 g/mol. The molecule has 0 bridgehead atoms. The van der Waals surface area contributed by atoms with Crippen LogP contribution in [0.5, 0.6) is 23.0 Å². The van der Waals surface area contributed by atoms with E-state index in [0.29, 0.717) is 50.7 Å². The highest BCUT2D eigenvalue weighted by molar-refractivity contribution is 7.22. The minimum Gasteiger partial charge on any atom is -0.497 e. The van der Waals surface area contributed by atoms with Crippen LogP contribution in [0.4, 0.5) is 5.13 Å². The number of nitrogens with one attached hydrogen (secondary N) is 1. The number of fused-ring (bicyclic) bond motifs is 1. The standard InChI is InChI=1S/C30H31N3O9S/c1-35-19-7-8-20-25(14-19)43-29(31-20)32-27(34)16-41-26-13-17(9-10-30(26,39-5)40-6)22-15-21(33-42-22)18-11-23(36-2)28(38-4)24(12-18)37-3/h7-15,26H,16H2,1-6H3,(H,31,32,34). The van der Waals surface area contributed by atoms with Gasteiger partial charge in [0.1, 0.15) is 24.2 Å². The summed E-state index contributed by atoms with van der Waals surface area (Å²) >= 11 is 1.34. The number of amides is 1. The lowest BCUT2D eigenvalue weighted by Crippen LogP contribution is -2.47. The van der Waals surface area contributed by atoms with Gasteiger partial charge in [-0.3, -0.25) is 10.1 Å². The van der Waals surface area contributed by atoms with Crippen LogP contribution in [0.1, 0.15) is 5.76 Å². The molecule has 1 atom stereocenters. The lowest BCUT2D eigenvalue weighted by molar-refractivity contribution is -0.225. The molecule has 0 fully saturated rings. The maximum absolute atomic E-state index is 12.8. The molecule has 0 saturated carbocycles. The van der Waals surface area contributed by atoms with Crippen molar-refractivity contribution in [2.24, 2.45) is 0 Å². The smallest absolute Gasteiger partial charge is 0.252 e. The lowest BCUT2D eigenvalue weighted by atomic mass is 9.96. The molecule has 1 aliphatic rings. The Morgan fingerprint density at radius 1 is 0.977 bits per heavy atom. The maximum atomic E-state index is 12.8. The second-order valence-corrected chi connectivity index (χ2v) is 10.2. The van der Waals surface area contributed by atoms with E-state index in [-0.39, 0.29) is 12.5 Å². The number of thiazole rings is 1. The van der Waals surface area contributed by atoms with Crippen molar-refractivity contribution in [2.45, 2.75) is 11.9 Å². The van der Waals surface area contributed by atoms with E-state index in [1.54, 1.807) is 57.8 Å². The Hall–Kier alpha value is -4.43. The van der Waals surface area contributed by atoms with Crippen molar-refractivity contribution in [1.82, 2.24) is 10.1 Å². The summed E-state index contributed by atoms with van der Waals surface area (Å²) in [7, 11) is 9.21. The minimum atomic E-state index is -1.27. The summed E-state index contributed by atoms with van der Waals surface area (Å²) in [5.74, 6) is 0.961. The summed E-state index contributed by atoms with van der Waals surface area (Å²) in [6.07, 6.45) is 4.43. The van der Waals surface area contributed by atoms with Crippen LogP contribution in [-0.2, 0) is 19.0 Å². The molecule has 0 saturated heterocycles. The summed E-state index contributed by atoms with van der Waals surface area (Å²) in [5.41, 5.74) is 2.65. The van der Waals surface area contributed by atoms with Crippen molar-refractivity contribution in [3.05, 3.63) is 60.4 Å². The predicted octanol–water partition coefficient (Wildman–Crippen LogP) is 4.95. The largest absolute Gasteiger partial charge is 0.497 e. The van der Waals surface area contributed by atoms with Gasteiger partial charge < -0.3 is 37.7 Å². The van der Waals surface area contributed by atoms with Crippen molar-refractivity contribution < 1.29 is 42.5 Å². The van der Waals surface area contributed by atoms with Crippen LogP contribution in [-0.4, -0.2) is 77.2 Å². The van der Waals surface area contributed by atoms with Crippen molar-refractivity contribution in [2.75, 3.05) is 54.6 Å². The monoisotopic (exact) mass is 609 g/mol. The van der Waals surface area contributed by atoms with Gasteiger partial charge in [-0.2, -0.15) is 0 Å². The summed E-state index contributed by atoms with van der Waals surface area (Å²) in [6, 6.07) is 10.8. The highest BCUT2D eigenvalue weighted by Crippen LogP contribution is 2.41. The van der Waals surface area contributed by atoms with Gasteiger partial charge in [-0.25, -0.2) is 4.98 Å². The Morgan fingerprint density at radius 3 is 2.37 bits per heavy atom. The number of rotatable bonds is 12. The van der Waals surface area contributed by atoms with Gasteiger partial charge in [-0.1, -0.05) is 16.5 Å². The van der Waals surface area contributed by atoms with Gasteiger partial charge in [-0.05, 0) is 48.6 Å². The molecule has 0 spiro atoms. The fraction of sp³-hybridized carbons (Fsp3) is 0.300. The Kier molecular flexibility index (Phi) is 8.97. The second-order valence-electron chi connectivity index (χ2n) is 9.21. The summed E-state index contributed by atoms with van der Waals surface area (Å²) in [5, 5.41) is 7.47. The number of anilines is 1. The summed E-state index contributed by atoms with van der Waals surface area (Å²) < 4.78 is 45.5. The molecule has 2 aromatic carbocycles. The first-order valence-corrected chi connectivity index (χ1v) is 13.8. The molecule has 1 aliphatic carbocycles. The van der Waals surface area contributed by atoms with Gasteiger partial charge in [0.2, 0.25) is 11.5 Å². The predicted molar refractivity (Wildman–Crippen MR) is 160 cm³/mol. The average Bonchev–Trinajstić information content (AvgIpc) is 3.69. The molecule has 226 valence electrons. The number of aromatic nitrogens is 2. The maximum Gasteiger partial charge on any atom is 0.252 e. The quantitative estimate of drug-likeness (QED) is 0.219. The molecule has 4 aromatic rings. The number of nitrogens with zero attached hydrogens (tertiary/aromatic N) is 2. The topological polar surface area (TPSA) is 133 Å². The van der Waals surface area contributed by atoms with E-state index in [2.05, 4.69) is 15.5 Å². The molecule has 0 aliphatic heterocycles. The van der Waals surface area contributed by atoms with Crippen molar-refractivity contribution in [3.63, 3.8) is 0 Å². The number of allylic oxidation sites excluding steroid dienone is 2. The van der Waals surface area contributed by atoms with Gasteiger partial charge in [-0.15, -0.1) is 0 Å². The molecule has 5 rings (SSSR count). The van der Waals surface area contributed by atoms with E-state index < -0.39 is 11.9 Å². The van der Waals surface area contributed by atoms with Gasteiger partial charge >= 0.3 is 0 Å². The average molecular weight is 610 g/mol. The number of hydrogen-bond donors (Lipinski definition) is 1. The first-order valence-electron chi connectivity index (χ1n) is 13.0. The normalized spacial score (nSPS) is 15.7. The molecule has 1 unspecified atom stereocenters. The number of methoxy groups -OCH3 is 6. The molecule has 43 heavy (non-hydrogen) atoms. The molecule has 1 amide bonds. The van der Waals surface area contributed by atoms with Crippen LogP contribution in [0, 0.1) is 0 Å². The SMILES string of the molecule is COc1ccc2nc(NC(=O)COC3C=C(c4cc(-c5cc(OC)c(OC)c(OC)c5)no4)C=CC3(OC)OC)sc2c1. The molecule has 0 radical (unpaired) electrons. The van der Waals surface area contributed by atoms with E-state index in [1.165, 1.54) is 32.7 Å². The zero-order valence-corrected chi connectivity index (χ0v) is 25.3. The van der Waals surface area contributed by atoms with Crippen molar-refractivity contribution in [1.29, 1.82) is 0 Å². The van der Waals surface area contributed by atoms with Gasteiger partial charge in [0, 0.05) is 31.4 Å². The van der Waals surface area contributed by atoms with E-state index in [1.807, 2.05) is 18.2 Å². The van der Waals surface area contributed by atoms with E-state index in [9.17, 15) is 4.79 Å². The van der Waals surface area contributed by atoms with E-state index >= 15 is 0 Å². The molecule has 12 nitrogen and oxygen atoms in total. The Morgan fingerprint density at radius 2 is 1.72 bits per heavy atom. The summed E-state index contributed by atoms with van der Waals surface area (Å²) in [4.78, 5) is 17.3. The van der Waals surface area contributed by atoms with Gasteiger partial charge in [0.05, 0.1) is 38.7 Å².